The molecule has 2 aromatic carbocycles. The Kier molecular flexibility index (Phi) is 2.73. The van der Waals surface area contributed by atoms with E-state index in [2.05, 4.69) is 0 Å². The van der Waals surface area contributed by atoms with Gasteiger partial charge in [0, 0.05) is 11.3 Å². The van der Waals surface area contributed by atoms with Crippen LogP contribution in [0.5, 0.6) is 0 Å². The third kappa shape index (κ3) is 1.96. The third-order valence-corrected chi connectivity index (χ3v) is 2.53. The largest absolute Gasteiger partial charge is 0.399 e. The molecule has 0 atom stereocenters. The second-order valence-corrected chi connectivity index (χ2v) is 3.72. The van der Waals surface area contributed by atoms with Crippen molar-refractivity contribution in [2.24, 2.45) is 0 Å². The van der Waals surface area contributed by atoms with Crippen LogP contribution in [0, 0.1) is 0 Å². The Labute approximate surface area is 94.7 Å². The van der Waals surface area contributed by atoms with Gasteiger partial charge in [-0.05, 0) is 30.2 Å². The third-order valence-electron chi connectivity index (χ3n) is 2.53. The molecule has 2 heteroatoms. The Morgan fingerprint density at radius 3 is 2.25 bits per heavy atom. The highest BCUT2D eigenvalue weighted by Gasteiger charge is 2.07. The zero-order valence-corrected chi connectivity index (χ0v) is 9.10. The van der Waals surface area contributed by atoms with Gasteiger partial charge in [-0.2, -0.15) is 0 Å². The summed E-state index contributed by atoms with van der Waals surface area (Å²) < 4.78 is 0. The Bertz CT molecular complexity index is 515. The van der Waals surface area contributed by atoms with Crippen molar-refractivity contribution in [2.45, 2.75) is 6.92 Å². The average Bonchev–Trinajstić information content (AvgIpc) is 2.30. The molecule has 2 aromatic rings. The summed E-state index contributed by atoms with van der Waals surface area (Å²) in [7, 11) is 0. The standard InChI is InChI=1S/C14H13NO/c1-10(16)13-4-2-3-5-14(13)11-6-8-12(15)9-7-11/h2-9H,15H2,1H3. The molecule has 16 heavy (non-hydrogen) atoms. The Balaban J connectivity index is 2.55. The lowest BCUT2D eigenvalue weighted by Crippen LogP contribution is -1.95. The molecule has 2 rings (SSSR count). The highest BCUT2D eigenvalue weighted by molar-refractivity contribution is 6.00. The van der Waals surface area contributed by atoms with Crippen molar-refractivity contribution >= 4 is 11.5 Å². The van der Waals surface area contributed by atoms with Gasteiger partial charge < -0.3 is 5.73 Å². The quantitative estimate of drug-likeness (QED) is 0.612. The highest BCUT2D eigenvalue weighted by Crippen LogP contribution is 2.24. The van der Waals surface area contributed by atoms with E-state index in [-0.39, 0.29) is 5.78 Å². The minimum Gasteiger partial charge on any atom is -0.399 e. The summed E-state index contributed by atoms with van der Waals surface area (Å²) in [6.07, 6.45) is 0. The molecule has 0 fully saturated rings. The number of nitrogens with two attached hydrogens (primary N) is 1. The molecule has 0 bridgehead atoms. The summed E-state index contributed by atoms with van der Waals surface area (Å²) in [5, 5.41) is 0. The monoisotopic (exact) mass is 211 g/mol. The van der Waals surface area contributed by atoms with E-state index in [0.717, 1.165) is 22.4 Å². The summed E-state index contributed by atoms with van der Waals surface area (Å²) in [6, 6.07) is 15.1. The number of benzene rings is 2. The molecule has 0 aliphatic heterocycles. The van der Waals surface area contributed by atoms with E-state index >= 15 is 0 Å². The fraction of sp³-hybridized carbons (Fsp3) is 0.0714. The smallest absolute Gasteiger partial charge is 0.160 e. The van der Waals surface area contributed by atoms with Crippen molar-refractivity contribution in [1.29, 1.82) is 0 Å². The number of Topliss-reactive ketones (excluding diaryl/α,β-unsaturated/α-hetero) is 1. The van der Waals surface area contributed by atoms with Crippen LogP contribution in [0.4, 0.5) is 5.69 Å². The molecule has 0 amide bonds. The van der Waals surface area contributed by atoms with Crippen molar-refractivity contribution in [3.8, 4) is 11.1 Å². The topological polar surface area (TPSA) is 43.1 Å². The number of carbonyl (C=O) groups is 1. The lowest BCUT2D eigenvalue weighted by molar-refractivity contribution is 0.101. The van der Waals surface area contributed by atoms with E-state index in [1.807, 2.05) is 48.5 Å². The molecule has 0 aliphatic rings. The molecule has 0 aromatic heterocycles. The van der Waals surface area contributed by atoms with E-state index in [1.54, 1.807) is 6.92 Å². The first kappa shape index (κ1) is 10.4. The van der Waals surface area contributed by atoms with Crippen LogP contribution in [0.25, 0.3) is 11.1 Å². The van der Waals surface area contributed by atoms with Crippen molar-refractivity contribution in [3.05, 3.63) is 54.1 Å². The van der Waals surface area contributed by atoms with Crippen molar-refractivity contribution in [3.63, 3.8) is 0 Å². The summed E-state index contributed by atoms with van der Waals surface area (Å²) in [5.74, 6) is 0.0763. The number of rotatable bonds is 2. The fourth-order valence-corrected chi connectivity index (χ4v) is 1.70. The van der Waals surface area contributed by atoms with Crippen LogP contribution in [-0.2, 0) is 0 Å². The van der Waals surface area contributed by atoms with Gasteiger partial charge in [0.1, 0.15) is 0 Å². The van der Waals surface area contributed by atoms with Gasteiger partial charge in [-0.25, -0.2) is 0 Å². The number of ketones is 1. The van der Waals surface area contributed by atoms with Gasteiger partial charge in [0.05, 0.1) is 0 Å². The molecule has 0 saturated heterocycles. The van der Waals surface area contributed by atoms with E-state index < -0.39 is 0 Å². The minimum absolute atomic E-state index is 0.0763. The second kappa shape index (κ2) is 4.19. The average molecular weight is 211 g/mol. The van der Waals surface area contributed by atoms with Crippen LogP contribution in [0.1, 0.15) is 17.3 Å². The first-order chi connectivity index (χ1) is 7.68. The fourth-order valence-electron chi connectivity index (χ4n) is 1.70. The summed E-state index contributed by atoms with van der Waals surface area (Å²) in [6.45, 7) is 1.58. The maximum absolute atomic E-state index is 11.5. The predicted octanol–water partition coefficient (Wildman–Crippen LogP) is 3.14. The maximum atomic E-state index is 11.5. The Morgan fingerprint density at radius 2 is 1.62 bits per heavy atom. The van der Waals surface area contributed by atoms with Gasteiger partial charge in [0.2, 0.25) is 0 Å². The minimum atomic E-state index is 0.0763. The van der Waals surface area contributed by atoms with Gasteiger partial charge >= 0.3 is 0 Å². The van der Waals surface area contributed by atoms with Crippen molar-refractivity contribution in [1.82, 2.24) is 0 Å². The molecule has 0 saturated carbocycles. The molecule has 0 unspecified atom stereocenters. The number of hydrogen-bond donors (Lipinski definition) is 1. The molecule has 2 nitrogen and oxygen atoms in total. The van der Waals surface area contributed by atoms with Crippen LogP contribution in [-0.4, -0.2) is 5.78 Å². The van der Waals surface area contributed by atoms with Crippen molar-refractivity contribution < 1.29 is 4.79 Å². The normalized spacial score (nSPS) is 10.1. The molecule has 0 aliphatic carbocycles. The van der Waals surface area contributed by atoms with Gasteiger partial charge in [0.15, 0.2) is 5.78 Å². The van der Waals surface area contributed by atoms with Crippen LogP contribution in [0.3, 0.4) is 0 Å². The number of nitrogen functional groups attached to an aromatic ring is 1. The van der Waals surface area contributed by atoms with Crippen LogP contribution in [0.15, 0.2) is 48.5 Å². The van der Waals surface area contributed by atoms with E-state index in [4.69, 9.17) is 5.73 Å². The Morgan fingerprint density at radius 1 is 1.00 bits per heavy atom. The van der Waals surface area contributed by atoms with Crippen LogP contribution in [0.2, 0.25) is 0 Å². The molecule has 0 heterocycles. The first-order valence-electron chi connectivity index (χ1n) is 5.14. The van der Waals surface area contributed by atoms with Gasteiger partial charge in [-0.1, -0.05) is 36.4 Å². The van der Waals surface area contributed by atoms with E-state index in [0.29, 0.717) is 0 Å². The predicted molar refractivity (Wildman–Crippen MR) is 66.3 cm³/mol. The van der Waals surface area contributed by atoms with Gasteiger partial charge in [-0.3, -0.25) is 4.79 Å². The van der Waals surface area contributed by atoms with Crippen molar-refractivity contribution in [2.75, 3.05) is 5.73 Å². The first-order valence-corrected chi connectivity index (χ1v) is 5.14. The zero-order valence-electron chi connectivity index (χ0n) is 9.10. The molecular formula is C14H13NO. The highest BCUT2D eigenvalue weighted by atomic mass is 16.1. The summed E-state index contributed by atoms with van der Waals surface area (Å²) in [5.41, 5.74) is 9.07. The van der Waals surface area contributed by atoms with E-state index in [1.165, 1.54) is 0 Å². The lowest BCUT2D eigenvalue weighted by atomic mass is 9.97. The van der Waals surface area contributed by atoms with Crippen LogP contribution >= 0.6 is 0 Å². The number of anilines is 1. The van der Waals surface area contributed by atoms with Gasteiger partial charge in [-0.15, -0.1) is 0 Å². The SMILES string of the molecule is CC(=O)c1ccccc1-c1ccc(N)cc1. The van der Waals surface area contributed by atoms with E-state index in [9.17, 15) is 4.79 Å². The molecule has 2 N–H and O–H groups in total. The Hall–Kier alpha value is -2.09. The van der Waals surface area contributed by atoms with Crippen LogP contribution < -0.4 is 5.73 Å². The molecule has 0 spiro atoms. The molecular weight excluding hydrogens is 198 g/mol. The lowest BCUT2D eigenvalue weighted by Gasteiger charge is -2.06. The second-order valence-electron chi connectivity index (χ2n) is 3.72. The summed E-state index contributed by atoms with van der Waals surface area (Å²) >= 11 is 0. The molecule has 0 radical (unpaired) electrons. The maximum Gasteiger partial charge on any atom is 0.160 e. The zero-order chi connectivity index (χ0) is 11.5. The number of carbonyl (C=O) groups excluding carboxylic acids is 1. The summed E-state index contributed by atoms with van der Waals surface area (Å²) in [4.78, 5) is 11.5. The van der Waals surface area contributed by atoms with Gasteiger partial charge in [0.25, 0.3) is 0 Å². The molecule has 80 valence electrons. The number of hydrogen-bond acceptors (Lipinski definition) is 2.